The van der Waals surface area contributed by atoms with Crippen molar-refractivity contribution < 1.29 is 9.90 Å². The van der Waals surface area contributed by atoms with E-state index in [0.29, 0.717) is 26.7 Å². The zero-order valence-corrected chi connectivity index (χ0v) is 11.1. The third-order valence-electron chi connectivity index (χ3n) is 2.71. The number of rotatable bonds is 2. The molecule has 0 radical (unpaired) electrons. The number of halogens is 2. The van der Waals surface area contributed by atoms with Crippen LogP contribution in [0.25, 0.3) is 11.1 Å². The molecule has 0 bridgehead atoms. The molecule has 0 unspecified atom stereocenters. The molecular weight excluding hydrogens is 271 g/mol. The molecule has 0 spiro atoms. The van der Waals surface area contributed by atoms with Gasteiger partial charge in [0.05, 0.1) is 5.56 Å². The first-order valence-corrected chi connectivity index (χ1v) is 6.04. The molecule has 0 fully saturated rings. The monoisotopic (exact) mass is 280 g/mol. The highest BCUT2D eigenvalue weighted by Crippen LogP contribution is 2.33. The summed E-state index contributed by atoms with van der Waals surface area (Å²) in [6.45, 7) is 1.76. The molecule has 4 heteroatoms. The minimum absolute atomic E-state index is 0.252. The van der Waals surface area contributed by atoms with Crippen LogP contribution < -0.4 is 0 Å². The molecule has 0 amide bonds. The third-order valence-corrected chi connectivity index (χ3v) is 3.27. The molecule has 2 aromatic carbocycles. The van der Waals surface area contributed by atoms with Gasteiger partial charge >= 0.3 is 5.97 Å². The van der Waals surface area contributed by atoms with E-state index in [0.717, 1.165) is 0 Å². The lowest BCUT2D eigenvalue weighted by molar-refractivity contribution is 0.0697. The minimum atomic E-state index is -0.973. The average molecular weight is 281 g/mol. The summed E-state index contributed by atoms with van der Waals surface area (Å²) >= 11 is 12.0. The Hall–Kier alpha value is -1.51. The Morgan fingerprint density at radius 1 is 1.11 bits per heavy atom. The average Bonchev–Trinajstić information content (AvgIpc) is 2.31. The van der Waals surface area contributed by atoms with Crippen LogP contribution in [0.15, 0.2) is 36.4 Å². The van der Waals surface area contributed by atoms with E-state index in [-0.39, 0.29) is 5.56 Å². The largest absolute Gasteiger partial charge is 0.478 e. The van der Waals surface area contributed by atoms with Gasteiger partial charge in [-0.25, -0.2) is 4.79 Å². The molecule has 0 aromatic heterocycles. The summed E-state index contributed by atoms with van der Waals surface area (Å²) in [5, 5.41) is 10.3. The second kappa shape index (κ2) is 5.01. The van der Waals surface area contributed by atoms with E-state index in [1.807, 2.05) is 0 Å². The Balaban J connectivity index is 2.75. The number of aryl methyl sites for hydroxylation is 1. The van der Waals surface area contributed by atoms with Crippen LogP contribution in [-0.4, -0.2) is 11.1 Å². The van der Waals surface area contributed by atoms with Crippen LogP contribution in [0.1, 0.15) is 15.9 Å². The zero-order valence-electron chi connectivity index (χ0n) is 9.58. The summed E-state index contributed by atoms with van der Waals surface area (Å²) < 4.78 is 0. The van der Waals surface area contributed by atoms with E-state index in [1.54, 1.807) is 43.3 Å². The Bertz CT molecular complexity index is 621. The zero-order chi connectivity index (χ0) is 13.3. The van der Waals surface area contributed by atoms with Crippen LogP contribution in [0.4, 0.5) is 0 Å². The first kappa shape index (κ1) is 12.9. The second-order valence-corrected chi connectivity index (χ2v) is 4.77. The Morgan fingerprint density at radius 2 is 1.83 bits per heavy atom. The van der Waals surface area contributed by atoms with Crippen LogP contribution in [0.3, 0.4) is 0 Å². The number of carboxylic acid groups (broad SMARTS) is 1. The summed E-state index contributed by atoms with van der Waals surface area (Å²) in [5.41, 5.74) is 2.15. The smallest absolute Gasteiger partial charge is 0.336 e. The van der Waals surface area contributed by atoms with Gasteiger partial charge in [0.25, 0.3) is 0 Å². The van der Waals surface area contributed by atoms with Crippen LogP contribution in [0, 0.1) is 6.92 Å². The molecule has 2 rings (SSSR count). The van der Waals surface area contributed by atoms with Crippen molar-refractivity contribution in [1.29, 1.82) is 0 Å². The predicted molar refractivity (Wildman–Crippen MR) is 73.6 cm³/mol. The van der Waals surface area contributed by atoms with Gasteiger partial charge in [0.15, 0.2) is 0 Å². The number of aromatic carboxylic acids is 1. The number of carbonyl (C=O) groups is 1. The molecule has 2 aromatic rings. The van der Waals surface area contributed by atoms with E-state index in [9.17, 15) is 9.90 Å². The maximum atomic E-state index is 11.3. The van der Waals surface area contributed by atoms with Gasteiger partial charge < -0.3 is 5.11 Å². The fraction of sp³-hybridized carbons (Fsp3) is 0.0714. The number of hydrogen-bond acceptors (Lipinski definition) is 1. The van der Waals surface area contributed by atoms with Crippen molar-refractivity contribution in [3.8, 4) is 11.1 Å². The van der Waals surface area contributed by atoms with Crippen molar-refractivity contribution >= 4 is 29.2 Å². The molecule has 0 saturated heterocycles. The Labute approximate surface area is 115 Å². The van der Waals surface area contributed by atoms with Crippen molar-refractivity contribution in [1.82, 2.24) is 0 Å². The van der Waals surface area contributed by atoms with Gasteiger partial charge in [-0.2, -0.15) is 0 Å². The number of carboxylic acids is 1. The van der Waals surface area contributed by atoms with Gasteiger partial charge in [-0.1, -0.05) is 41.4 Å². The minimum Gasteiger partial charge on any atom is -0.478 e. The second-order valence-electron chi connectivity index (χ2n) is 3.93. The van der Waals surface area contributed by atoms with Crippen molar-refractivity contribution in [2.75, 3.05) is 0 Å². The van der Waals surface area contributed by atoms with Gasteiger partial charge in [0.1, 0.15) is 0 Å². The number of hydrogen-bond donors (Lipinski definition) is 1. The SMILES string of the molecule is Cc1cccc(-c2cc(Cl)ccc2Cl)c1C(=O)O. The molecule has 2 nitrogen and oxygen atoms in total. The molecule has 92 valence electrons. The molecule has 1 N–H and O–H groups in total. The summed E-state index contributed by atoms with van der Waals surface area (Å²) in [7, 11) is 0. The van der Waals surface area contributed by atoms with Crippen molar-refractivity contribution in [3.63, 3.8) is 0 Å². The molecule has 0 atom stereocenters. The maximum absolute atomic E-state index is 11.3. The fourth-order valence-corrected chi connectivity index (χ4v) is 2.27. The summed E-state index contributed by atoms with van der Waals surface area (Å²) in [5.74, 6) is -0.973. The predicted octanol–water partition coefficient (Wildman–Crippen LogP) is 4.67. The van der Waals surface area contributed by atoms with Crippen LogP contribution in [0.2, 0.25) is 10.0 Å². The van der Waals surface area contributed by atoms with Gasteiger partial charge in [0, 0.05) is 15.6 Å². The van der Waals surface area contributed by atoms with Gasteiger partial charge in [-0.15, -0.1) is 0 Å². The first-order chi connectivity index (χ1) is 8.50. The highest BCUT2D eigenvalue weighted by molar-refractivity contribution is 6.35. The van der Waals surface area contributed by atoms with Crippen molar-refractivity contribution in [2.24, 2.45) is 0 Å². The van der Waals surface area contributed by atoms with Gasteiger partial charge in [-0.05, 0) is 36.2 Å². The van der Waals surface area contributed by atoms with Gasteiger partial charge in [-0.3, -0.25) is 0 Å². The van der Waals surface area contributed by atoms with E-state index in [4.69, 9.17) is 23.2 Å². The fourth-order valence-electron chi connectivity index (χ4n) is 1.88. The van der Waals surface area contributed by atoms with E-state index in [2.05, 4.69) is 0 Å². The van der Waals surface area contributed by atoms with E-state index < -0.39 is 5.97 Å². The number of benzene rings is 2. The van der Waals surface area contributed by atoms with E-state index in [1.165, 1.54) is 0 Å². The molecule has 0 aliphatic heterocycles. The van der Waals surface area contributed by atoms with Crippen molar-refractivity contribution in [3.05, 3.63) is 57.6 Å². The Morgan fingerprint density at radius 3 is 2.50 bits per heavy atom. The summed E-state index contributed by atoms with van der Waals surface area (Å²) in [6, 6.07) is 10.3. The lowest BCUT2D eigenvalue weighted by Crippen LogP contribution is -2.02. The lowest BCUT2D eigenvalue weighted by Gasteiger charge is -2.11. The third kappa shape index (κ3) is 2.35. The normalized spacial score (nSPS) is 10.4. The summed E-state index contributed by atoms with van der Waals surface area (Å²) in [6.07, 6.45) is 0. The highest BCUT2D eigenvalue weighted by atomic mass is 35.5. The standard InChI is InChI=1S/C14H10Cl2O2/c1-8-3-2-4-10(13(8)14(17)18)11-7-9(15)5-6-12(11)16/h2-7H,1H3,(H,17,18). The lowest BCUT2D eigenvalue weighted by atomic mass is 9.96. The quantitative estimate of drug-likeness (QED) is 0.868. The Kier molecular flexibility index (Phi) is 3.60. The van der Waals surface area contributed by atoms with E-state index >= 15 is 0 Å². The molecular formula is C14H10Cl2O2. The first-order valence-electron chi connectivity index (χ1n) is 5.29. The van der Waals surface area contributed by atoms with Crippen LogP contribution in [-0.2, 0) is 0 Å². The molecule has 0 aliphatic carbocycles. The maximum Gasteiger partial charge on any atom is 0.336 e. The topological polar surface area (TPSA) is 37.3 Å². The highest BCUT2D eigenvalue weighted by Gasteiger charge is 2.16. The van der Waals surface area contributed by atoms with Gasteiger partial charge in [0.2, 0.25) is 0 Å². The molecule has 18 heavy (non-hydrogen) atoms. The molecule has 0 saturated carbocycles. The summed E-state index contributed by atoms with van der Waals surface area (Å²) in [4.78, 5) is 11.3. The van der Waals surface area contributed by atoms with Crippen LogP contribution >= 0.6 is 23.2 Å². The molecule has 0 aliphatic rings. The molecule has 0 heterocycles. The van der Waals surface area contributed by atoms with Crippen molar-refractivity contribution in [2.45, 2.75) is 6.92 Å². The van der Waals surface area contributed by atoms with Crippen LogP contribution in [0.5, 0.6) is 0 Å².